The second-order valence-electron chi connectivity index (χ2n) is 2.82. The van der Waals surface area contributed by atoms with E-state index < -0.39 is 7.82 Å². The number of hydrogen-bond acceptors (Lipinski definition) is 4. The molecule has 0 atom stereocenters. The van der Waals surface area contributed by atoms with Gasteiger partial charge in [-0.15, -0.1) is 0 Å². The molecule has 0 saturated heterocycles. The average molecular weight is 224 g/mol. The first-order chi connectivity index (χ1) is 6.22. The third-order valence-corrected chi connectivity index (χ3v) is 1.25. The minimum atomic E-state index is -4.64. The van der Waals surface area contributed by atoms with E-state index >= 15 is 0 Å². The van der Waals surface area contributed by atoms with Gasteiger partial charge in [-0.2, -0.15) is 0 Å². The molecule has 1 aromatic rings. The number of nitrogen functional groups attached to an aromatic ring is 1. The van der Waals surface area contributed by atoms with Crippen molar-refractivity contribution in [2.45, 2.75) is 19.8 Å². The molecule has 0 aliphatic heterocycles. The summed E-state index contributed by atoms with van der Waals surface area (Å²) in [5, 5.41) is 3.54. The van der Waals surface area contributed by atoms with Gasteiger partial charge in [-0.05, 0) is 5.92 Å². The van der Waals surface area contributed by atoms with Gasteiger partial charge in [-0.3, -0.25) is 0 Å². The van der Waals surface area contributed by atoms with Crippen molar-refractivity contribution in [3.8, 4) is 0 Å². The second kappa shape index (κ2) is 5.11. The Labute approximate surface area is 80.8 Å². The van der Waals surface area contributed by atoms with Crippen LogP contribution in [0, 0.1) is 0 Å². The normalized spacial score (nSPS) is 11.0. The number of aromatic nitrogens is 1. The zero-order valence-electron chi connectivity index (χ0n) is 7.78. The molecule has 0 unspecified atom stereocenters. The van der Waals surface area contributed by atoms with E-state index in [0.717, 1.165) is 5.56 Å². The third kappa shape index (κ3) is 6.62. The summed E-state index contributed by atoms with van der Waals surface area (Å²) in [5.74, 6) is 0.904. The van der Waals surface area contributed by atoms with Crippen LogP contribution >= 0.6 is 7.82 Å². The van der Waals surface area contributed by atoms with Crippen LogP contribution in [-0.4, -0.2) is 19.8 Å². The minimum Gasteiger partial charge on any atom is -0.381 e. The van der Waals surface area contributed by atoms with E-state index in [9.17, 15) is 0 Å². The fourth-order valence-corrected chi connectivity index (χ4v) is 0.685. The number of nitrogens with two attached hydrogens (primary N) is 1. The lowest BCUT2D eigenvalue weighted by Gasteiger charge is -1.97. The molecule has 0 aromatic carbocycles. The maximum Gasteiger partial charge on any atom is 0.466 e. The Hall–Kier alpha value is -0.880. The van der Waals surface area contributed by atoms with Crippen LogP contribution in [-0.2, 0) is 4.57 Å². The molecule has 0 aliphatic rings. The fraction of sp³-hybridized carbons (Fsp3) is 0.500. The quantitative estimate of drug-likeness (QED) is 0.509. The second-order valence-corrected chi connectivity index (χ2v) is 3.85. The molecule has 1 rings (SSSR count). The molecule has 0 aliphatic carbocycles. The van der Waals surface area contributed by atoms with Crippen LogP contribution in [0.4, 0.5) is 5.82 Å². The van der Waals surface area contributed by atoms with Crippen LogP contribution in [0.25, 0.3) is 0 Å². The highest BCUT2D eigenvalue weighted by Crippen LogP contribution is 2.25. The van der Waals surface area contributed by atoms with E-state index in [0.29, 0.717) is 11.7 Å². The Morgan fingerprint density at radius 1 is 1.50 bits per heavy atom. The lowest BCUT2D eigenvalue weighted by Crippen LogP contribution is -1.92. The van der Waals surface area contributed by atoms with Crippen molar-refractivity contribution in [1.29, 1.82) is 0 Å². The standard InChI is InChI=1S/C6H10N2O.H3O4P/c1-4(2)5-3-9-8-6(5)7;1-5(2,3)4/h3-4H,1-2H3,(H2,7,8);(H3,1,2,3,4). The van der Waals surface area contributed by atoms with Crippen LogP contribution in [0.3, 0.4) is 0 Å². The Morgan fingerprint density at radius 3 is 2.07 bits per heavy atom. The molecule has 1 heterocycles. The lowest BCUT2D eigenvalue weighted by molar-refractivity contribution is 0.275. The monoisotopic (exact) mass is 224 g/mol. The first-order valence-electron chi connectivity index (χ1n) is 3.70. The predicted octanol–water partition coefficient (Wildman–Crippen LogP) is 0.452. The predicted molar refractivity (Wildman–Crippen MR) is 49.3 cm³/mol. The molecule has 0 bridgehead atoms. The Balaban J connectivity index is 0.000000292. The van der Waals surface area contributed by atoms with Crippen molar-refractivity contribution in [3.05, 3.63) is 11.8 Å². The minimum absolute atomic E-state index is 0.399. The van der Waals surface area contributed by atoms with Gasteiger partial charge in [0.05, 0.1) is 0 Å². The number of anilines is 1. The molecule has 0 fully saturated rings. The molecular weight excluding hydrogens is 211 g/mol. The van der Waals surface area contributed by atoms with Gasteiger partial charge < -0.3 is 24.9 Å². The molecule has 0 radical (unpaired) electrons. The van der Waals surface area contributed by atoms with Crippen molar-refractivity contribution < 1.29 is 23.8 Å². The fourth-order valence-electron chi connectivity index (χ4n) is 0.685. The maximum atomic E-state index is 8.88. The lowest BCUT2D eigenvalue weighted by atomic mass is 10.1. The van der Waals surface area contributed by atoms with E-state index in [2.05, 4.69) is 9.68 Å². The smallest absolute Gasteiger partial charge is 0.381 e. The van der Waals surface area contributed by atoms with Gasteiger partial charge in [0.1, 0.15) is 6.26 Å². The summed E-state index contributed by atoms with van der Waals surface area (Å²) in [5.41, 5.74) is 6.42. The van der Waals surface area contributed by atoms with Gasteiger partial charge >= 0.3 is 7.82 Å². The Morgan fingerprint density at radius 2 is 1.93 bits per heavy atom. The van der Waals surface area contributed by atoms with Crippen molar-refractivity contribution in [2.24, 2.45) is 0 Å². The van der Waals surface area contributed by atoms with Gasteiger partial charge in [0.25, 0.3) is 0 Å². The van der Waals surface area contributed by atoms with Crippen molar-refractivity contribution in [3.63, 3.8) is 0 Å². The first kappa shape index (κ1) is 13.1. The van der Waals surface area contributed by atoms with Gasteiger partial charge in [0.2, 0.25) is 0 Å². The van der Waals surface area contributed by atoms with E-state index in [4.69, 9.17) is 25.0 Å². The summed E-state index contributed by atoms with van der Waals surface area (Å²) in [6.45, 7) is 4.09. The maximum absolute atomic E-state index is 8.88. The Bertz CT molecular complexity index is 310. The highest BCUT2D eigenvalue weighted by molar-refractivity contribution is 7.45. The molecule has 5 N–H and O–H groups in total. The summed E-state index contributed by atoms with van der Waals surface area (Å²) in [6.07, 6.45) is 1.58. The summed E-state index contributed by atoms with van der Waals surface area (Å²) in [7, 11) is -4.64. The van der Waals surface area contributed by atoms with Gasteiger partial charge in [-0.1, -0.05) is 19.0 Å². The molecule has 14 heavy (non-hydrogen) atoms. The third-order valence-electron chi connectivity index (χ3n) is 1.25. The van der Waals surface area contributed by atoms with Gasteiger partial charge in [0, 0.05) is 5.56 Å². The first-order valence-corrected chi connectivity index (χ1v) is 5.26. The van der Waals surface area contributed by atoms with E-state index in [1.165, 1.54) is 0 Å². The van der Waals surface area contributed by atoms with E-state index in [1.54, 1.807) is 6.26 Å². The van der Waals surface area contributed by atoms with Crippen LogP contribution in [0.2, 0.25) is 0 Å². The van der Waals surface area contributed by atoms with Gasteiger partial charge in [0.15, 0.2) is 5.82 Å². The molecule has 0 spiro atoms. The number of nitrogens with zero attached hydrogens (tertiary/aromatic N) is 1. The highest BCUT2D eigenvalue weighted by Gasteiger charge is 2.06. The zero-order valence-corrected chi connectivity index (χ0v) is 8.68. The summed E-state index contributed by atoms with van der Waals surface area (Å²) < 4.78 is 13.5. The molecular formula is C6H13N2O5P. The SMILES string of the molecule is CC(C)c1conc1N.O=P(O)(O)O. The van der Waals surface area contributed by atoms with E-state index in [-0.39, 0.29) is 0 Å². The molecule has 7 nitrogen and oxygen atoms in total. The average Bonchev–Trinajstić information content (AvgIpc) is 2.30. The number of phosphoric acid groups is 1. The molecule has 0 amide bonds. The van der Waals surface area contributed by atoms with Crippen LogP contribution < -0.4 is 5.73 Å². The zero-order chi connectivity index (χ0) is 11.4. The topological polar surface area (TPSA) is 130 Å². The van der Waals surface area contributed by atoms with Crippen molar-refractivity contribution >= 4 is 13.6 Å². The molecule has 8 heteroatoms. The number of hydrogen-bond donors (Lipinski definition) is 4. The Kier molecular flexibility index (Phi) is 4.79. The van der Waals surface area contributed by atoms with Crippen LogP contribution in [0.1, 0.15) is 25.3 Å². The summed E-state index contributed by atoms with van der Waals surface area (Å²) in [4.78, 5) is 21.6. The highest BCUT2D eigenvalue weighted by atomic mass is 31.2. The van der Waals surface area contributed by atoms with Crippen molar-refractivity contribution in [1.82, 2.24) is 5.16 Å². The largest absolute Gasteiger partial charge is 0.466 e. The number of rotatable bonds is 1. The molecule has 0 saturated carbocycles. The molecule has 1 aromatic heterocycles. The van der Waals surface area contributed by atoms with Crippen LogP contribution in [0.15, 0.2) is 10.8 Å². The van der Waals surface area contributed by atoms with E-state index in [1.807, 2.05) is 13.8 Å². The van der Waals surface area contributed by atoms with Crippen LogP contribution in [0.5, 0.6) is 0 Å². The van der Waals surface area contributed by atoms with Crippen molar-refractivity contribution in [2.75, 3.05) is 5.73 Å². The van der Waals surface area contributed by atoms with Gasteiger partial charge in [-0.25, -0.2) is 4.57 Å². The summed E-state index contributed by atoms with van der Waals surface area (Å²) >= 11 is 0. The molecule has 82 valence electrons. The summed E-state index contributed by atoms with van der Waals surface area (Å²) in [6, 6.07) is 0.